The van der Waals surface area contributed by atoms with Gasteiger partial charge in [0.05, 0.1) is 97.6 Å². The number of anilines is 1. The molecule has 1 aromatic heterocycles. The minimum atomic E-state index is -4.20. The maximum Gasteiger partial charge on any atom is 0.274 e. The molecule has 4 aliphatic heterocycles. The Hall–Kier alpha value is -5.66. The largest absolute Gasteiger partial charge is 0.488 e. The van der Waals surface area contributed by atoms with Crippen LogP contribution in [0.3, 0.4) is 0 Å². The molecule has 4 aromatic rings. The first kappa shape index (κ1) is 69.2. The fraction of sp³-hybridized carbons (Fsp3) is 0.550. The summed E-state index contributed by atoms with van der Waals surface area (Å²) >= 11 is 8.77. The first-order valence-corrected chi connectivity index (χ1v) is 34.5. The Balaban J connectivity index is 0.654. The van der Waals surface area contributed by atoms with Crippen molar-refractivity contribution >= 4 is 87.3 Å². The molecule has 5 heterocycles. The number of ether oxygens (including phenoxy) is 8. The third kappa shape index (κ3) is 21.5. The van der Waals surface area contributed by atoms with Gasteiger partial charge in [0.2, 0.25) is 5.91 Å². The summed E-state index contributed by atoms with van der Waals surface area (Å²) in [4.78, 5) is 87.8. The molecule has 3 saturated heterocycles. The summed E-state index contributed by atoms with van der Waals surface area (Å²) in [5, 5.41) is 11.6. The number of methoxy groups -OCH3 is 1. The maximum atomic E-state index is 14.0. The molecule has 89 heavy (non-hydrogen) atoms. The number of benzene rings is 3. The van der Waals surface area contributed by atoms with Gasteiger partial charge in [-0.1, -0.05) is 35.3 Å². The zero-order valence-electron chi connectivity index (χ0n) is 51.2. The van der Waals surface area contributed by atoms with Crippen molar-refractivity contribution in [2.75, 3.05) is 184 Å². The number of nitrogens with zero attached hydrogens (tertiary/aromatic N) is 7. The Kier molecular flexibility index (Phi) is 27.0. The van der Waals surface area contributed by atoms with E-state index < -0.39 is 46.2 Å². The molecule has 0 aliphatic carbocycles. The van der Waals surface area contributed by atoms with Gasteiger partial charge in [0.25, 0.3) is 5.91 Å². The summed E-state index contributed by atoms with van der Waals surface area (Å²) in [5.41, 5.74) is 4.31. The van der Waals surface area contributed by atoms with E-state index in [-0.39, 0.29) is 69.2 Å². The van der Waals surface area contributed by atoms with Gasteiger partial charge in [-0.2, -0.15) is 5.10 Å². The van der Waals surface area contributed by atoms with E-state index in [9.17, 15) is 28.8 Å². The third-order valence-electron chi connectivity index (χ3n) is 14.9. The van der Waals surface area contributed by atoms with Gasteiger partial charge in [-0.25, -0.2) is 4.68 Å². The van der Waals surface area contributed by atoms with E-state index in [1.165, 1.54) is 0 Å². The van der Waals surface area contributed by atoms with Gasteiger partial charge in [0, 0.05) is 51.1 Å². The standard InChI is InChI=1S/C60H83Cl2N9O17.In/c1-60(2,3)66(4)59(80)57-49-41-88-51-36-50(81-5)47(35-48(51)58(49)71(65-57)46-33-43(61)32-44(62)34-46)42-7-6-8-45(31-42)64-52(72)9-19-82-21-23-84-25-27-86-29-30-87-28-26-85-24-22-83-20-10-63-53(73)37-67-11-13-68(38-54(74)75)15-17-70(40-56(78)79)18-16-69(14-12-67)39-55(76)77;/h6-8,31-36H,9-30,37-41H2,1-5H3,(H,63,73)(H,64,72)(H,74,75)(H,76,77)(H,78,79);/q;+3/p-3. The van der Waals surface area contributed by atoms with Gasteiger partial charge in [0.15, 0.2) is 5.69 Å². The Morgan fingerprint density at radius 1 is 0.652 bits per heavy atom. The van der Waals surface area contributed by atoms with Crippen LogP contribution in [-0.4, -0.2) is 277 Å². The molecular weight excluding hydrogens is 1300 g/mol. The number of hydrogen-bond acceptors (Lipinski definition) is 22. The van der Waals surface area contributed by atoms with Gasteiger partial charge in [-0.15, -0.1) is 0 Å². The predicted molar refractivity (Wildman–Crippen MR) is 328 cm³/mol. The van der Waals surface area contributed by atoms with E-state index in [0.717, 1.165) is 5.56 Å². The number of halogens is 2. The Labute approximate surface area is 537 Å². The third-order valence-corrected chi connectivity index (χ3v) is 19.3. The number of rotatable bonds is 28. The van der Waals surface area contributed by atoms with Gasteiger partial charge < -0.3 is 48.1 Å². The van der Waals surface area contributed by atoms with Gasteiger partial charge in [-0.3, -0.25) is 9.59 Å². The summed E-state index contributed by atoms with van der Waals surface area (Å²) in [6, 6.07) is 16.3. The molecule has 0 saturated carbocycles. The second-order valence-electron chi connectivity index (χ2n) is 22.4. The topological polar surface area (TPSA) is 262 Å². The van der Waals surface area contributed by atoms with Crippen LogP contribution in [0.1, 0.15) is 43.2 Å². The minimum absolute atomic E-state index is 0.0137. The number of carbonyl (C=O) groups excluding carboxylic acids is 6. The molecule has 2 unspecified atom stereocenters. The van der Waals surface area contributed by atoms with Crippen LogP contribution in [0, 0.1) is 0 Å². The fourth-order valence-corrected chi connectivity index (χ4v) is 13.3. The molecule has 2 N–H and O–H groups in total. The number of amides is 3. The van der Waals surface area contributed by atoms with E-state index in [4.69, 9.17) is 74.8 Å². The van der Waals surface area contributed by atoms with Crippen LogP contribution in [-0.2, 0) is 67.6 Å². The average Bonchev–Trinajstić information content (AvgIpc) is 1.67. The van der Waals surface area contributed by atoms with E-state index >= 15 is 0 Å². The Bertz CT molecular complexity index is 3010. The van der Waals surface area contributed by atoms with E-state index in [2.05, 4.69) is 10.6 Å². The van der Waals surface area contributed by atoms with Crippen LogP contribution >= 0.6 is 23.2 Å². The van der Waals surface area contributed by atoms with Crippen molar-refractivity contribution < 1.29 is 75.2 Å². The van der Waals surface area contributed by atoms with Gasteiger partial charge in [-0.05, 0) is 62.7 Å². The zero-order chi connectivity index (χ0) is 63.3. The van der Waals surface area contributed by atoms with Crippen molar-refractivity contribution in [2.24, 2.45) is 0 Å². The molecule has 3 aromatic carbocycles. The minimum Gasteiger partial charge on any atom is -0.488 e. The van der Waals surface area contributed by atoms with Gasteiger partial charge >= 0.3 is 191 Å². The number of carbonyl (C=O) groups is 6. The molecule has 4 bridgehead atoms. The molecular formula is C60H80Cl2InN9O17. The summed E-state index contributed by atoms with van der Waals surface area (Å²) in [6.07, 6.45) is 0.125. The van der Waals surface area contributed by atoms with Crippen molar-refractivity contribution in [3.05, 3.63) is 75.9 Å². The second kappa shape index (κ2) is 34.7. The van der Waals surface area contributed by atoms with Crippen LogP contribution in [0.2, 0.25) is 10.0 Å². The van der Waals surface area contributed by atoms with Crippen molar-refractivity contribution in [1.82, 2.24) is 39.6 Å². The van der Waals surface area contributed by atoms with E-state index in [1.54, 1.807) is 48.0 Å². The molecule has 29 heteroatoms. The smallest absolute Gasteiger partial charge is 0.274 e. The number of hydrogen-bond donors (Lipinski definition) is 2. The summed E-state index contributed by atoms with van der Waals surface area (Å²) < 4.78 is 63.8. The van der Waals surface area contributed by atoms with Crippen molar-refractivity contribution in [1.29, 1.82) is 0 Å². The SMILES string of the molecule is COc1cc2c(cc1-c1cccc(NC(=O)CCOCCOCCOCCOCCOCCOCCNC(=O)CN3CCN4CCN5CCN(CC3)CC(=O)[O][In]([O]C(=O)C4)[O]C(=O)C5)c1)-c1c(c(C(=O)N(C)C(C)(C)C)nn1-c1cc(Cl)cc(Cl)c1)CO2. The number of fused-ring (bicyclic) bond motifs is 10. The zero-order valence-corrected chi connectivity index (χ0v) is 56.0. The second-order valence-corrected chi connectivity index (χ2v) is 26.9. The molecule has 484 valence electrons. The Morgan fingerprint density at radius 2 is 1.17 bits per heavy atom. The number of aromatic nitrogens is 2. The van der Waals surface area contributed by atoms with Crippen LogP contribution in [0.5, 0.6) is 11.5 Å². The molecule has 3 amide bonds. The first-order chi connectivity index (χ1) is 42.9. The summed E-state index contributed by atoms with van der Waals surface area (Å²) in [5.74, 6) is -1.36. The van der Waals surface area contributed by atoms with Crippen LogP contribution < -0.4 is 20.1 Å². The fourth-order valence-electron chi connectivity index (χ4n) is 9.90. The normalized spacial score (nSPS) is 18.2. The van der Waals surface area contributed by atoms with E-state index in [1.807, 2.05) is 70.7 Å². The quantitative estimate of drug-likeness (QED) is 0.0768. The molecule has 4 aliphatic rings. The molecule has 3 fully saturated rings. The predicted octanol–water partition coefficient (Wildman–Crippen LogP) is 3.69. The Morgan fingerprint density at radius 3 is 1.70 bits per heavy atom. The van der Waals surface area contributed by atoms with Crippen LogP contribution in [0.4, 0.5) is 5.69 Å². The molecule has 0 radical (unpaired) electrons. The number of nitrogens with one attached hydrogen (secondary N) is 2. The average molecular weight is 1390 g/mol. The van der Waals surface area contributed by atoms with Crippen molar-refractivity contribution in [2.45, 2.75) is 39.3 Å². The van der Waals surface area contributed by atoms with Gasteiger partial charge in [0.1, 0.15) is 18.1 Å². The molecule has 8 rings (SSSR count). The van der Waals surface area contributed by atoms with Crippen molar-refractivity contribution in [3.8, 4) is 39.6 Å². The monoisotopic (exact) mass is 1380 g/mol. The first-order valence-electron chi connectivity index (χ1n) is 29.7. The maximum absolute atomic E-state index is 14.0. The van der Waals surface area contributed by atoms with Crippen molar-refractivity contribution in [3.63, 3.8) is 0 Å². The van der Waals surface area contributed by atoms with E-state index in [0.29, 0.717) is 187 Å². The summed E-state index contributed by atoms with van der Waals surface area (Å²) in [7, 11) is 3.32. The van der Waals surface area contributed by atoms with Crippen LogP contribution in [0.15, 0.2) is 54.6 Å². The molecule has 2 atom stereocenters. The summed E-state index contributed by atoms with van der Waals surface area (Å²) in [6.45, 7) is 14.4. The molecule has 26 nitrogen and oxygen atoms in total. The van der Waals surface area contributed by atoms with Crippen LogP contribution in [0.25, 0.3) is 28.1 Å². The molecule has 0 spiro atoms.